The Hall–Kier alpha value is -3.58. The molecule has 1 amide bonds. The summed E-state index contributed by atoms with van der Waals surface area (Å²) in [4.78, 5) is 13.1. The van der Waals surface area contributed by atoms with Crippen molar-refractivity contribution in [2.45, 2.75) is 6.54 Å². The minimum atomic E-state index is -1.50. The summed E-state index contributed by atoms with van der Waals surface area (Å²) < 4.78 is 43.5. The molecule has 0 spiro atoms. The first-order valence-corrected chi connectivity index (χ1v) is 10.3. The van der Waals surface area contributed by atoms with Crippen molar-refractivity contribution in [3.05, 3.63) is 94.6 Å². The first-order chi connectivity index (χ1) is 15.0. The third kappa shape index (κ3) is 3.09. The maximum Gasteiger partial charge on any atom is 0.249 e. The quantitative estimate of drug-likeness (QED) is 0.341. The number of rotatable bonds is 4. The SMILES string of the molecule is NC(=O)c1cccc2c1c1ccc(-c3cccs3)cc1n2Cc1ccc(F)c(F)c1F. The number of carbonyl (C=O) groups excluding carboxylic acids is 1. The lowest BCUT2D eigenvalue weighted by Gasteiger charge is -2.10. The van der Waals surface area contributed by atoms with E-state index in [1.54, 1.807) is 34.1 Å². The molecule has 0 aliphatic rings. The molecular formula is C24H15F3N2OS. The number of aromatic nitrogens is 1. The summed E-state index contributed by atoms with van der Waals surface area (Å²) in [6.45, 7) is -0.0425. The number of fused-ring (bicyclic) bond motifs is 3. The van der Waals surface area contributed by atoms with Crippen LogP contribution in [0.3, 0.4) is 0 Å². The molecule has 31 heavy (non-hydrogen) atoms. The number of primary amides is 1. The van der Waals surface area contributed by atoms with E-state index >= 15 is 0 Å². The van der Waals surface area contributed by atoms with Crippen LogP contribution in [0.25, 0.3) is 32.2 Å². The lowest BCUT2D eigenvalue weighted by molar-refractivity contribution is 0.100. The van der Waals surface area contributed by atoms with E-state index in [2.05, 4.69) is 0 Å². The van der Waals surface area contributed by atoms with E-state index in [9.17, 15) is 18.0 Å². The summed E-state index contributed by atoms with van der Waals surface area (Å²) in [5.74, 6) is -4.55. The standard InChI is InChI=1S/C24H15F3N2OS/c25-17-9-7-14(22(26)23(17)27)12-29-18-4-1-3-16(24(28)30)21(18)15-8-6-13(11-19(15)29)20-5-2-10-31-20/h1-11H,12H2,(H2,28,30). The Labute approximate surface area is 179 Å². The molecule has 0 unspecified atom stereocenters. The molecule has 3 nitrogen and oxygen atoms in total. The number of thiophene rings is 1. The fraction of sp³-hybridized carbons (Fsp3) is 0.0417. The monoisotopic (exact) mass is 436 g/mol. The second-order valence-corrected chi connectivity index (χ2v) is 8.14. The highest BCUT2D eigenvalue weighted by molar-refractivity contribution is 7.13. The molecule has 7 heteroatoms. The molecule has 0 aliphatic heterocycles. The molecule has 0 radical (unpaired) electrons. The van der Waals surface area contributed by atoms with Gasteiger partial charge >= 0.3 is 0 Å². The van der Waals surface area contributed by atoms with Crippen LogP contribution in [0.4, 0.5) is 13.2 Å². The number of carbonyl (C=O) groups is 1. The van der Waals surface area contributed by atoms with E-state index in [1.807, 2.05) is 35.7 Å². The van der Waals surface area contributed by atoms with Gasteiger partial charge in [0.05, 0.1) is 17.6 Å². The van der Waals surface area contributed by atoms with Gasteiger partial charge in [-0.05, 0) is 41.3 Å². The molecule has 0 atom stereocenters. The van der Waals surface area contributed by atoms with Crippen LogP contribution in [0.5, 0.6) is 0 Å². The Bertz CT molecular complexity index is 1470. The number of halogens is 3. The molecule has 2 heterocycles. The summed E-state index contributed by atoms with van der Waals surface area (Å²) in [5, 5.41) is 3.38. The average Bonchev–Trinajstić information content (AvgIpc) is 3.41. The van der Waals surface area contributed by atoms with Crippen molar-refractivity contribution in [2.24, 2.45) is 5.73 Å². The van der Waals surface area contributed by atoms with Crippen molar-refractivity contribution in [3.8, 4) is 10.4 Å². The van der Waals surface area contributed by atoms with Gasteiger partial charge in [0.2, 0.25) is 5.91 Å². The van der Waals surface area contributed by atoms with E-state index in [0.717, 1.165) is 27.4 Å². The number of amides is 1. The van der Waals surface area contributed by atoms with E-state index in [-0.39, 0.29) is 12.1 Å². The second kappa shape index (κ2) is 7.28. The van der Waals surface area contributed by atoms with Crippen LogP contribution in [-0.2, 0) is 6.54 Å². The predicted molar refractivity (Wildman–Crippen MR) is 117 cm³/mol. The molecule has 3 aromatic carbocycles. The maximum absolute atomic E-state index is 14.5. The van der Waals surface area contributed by atoms with Crippen LogP contribution in [0.1, 0.15) is 15.9 Å². The number of benzene rings is 3. The first kappa shape index (κ1) is 19.4. The van der Waals surface area contributed by atoms with Crippen LogP contribution in [0.15, 0.2) is 66.0 Å². The van der Waals surface area contributed by atoms with E-state index in [4.69, 9.17) is 5.73 Å². The largest absolute Gasteiger partial charge is 0.366 e. The molecule has 5 aromatic rings. The van der Waals surface area contributed by atoms with Crippen LogP contribution in [0.2, 0.25) is 0 Å². The Kier molecular flexibility index (Phi) is 4.55. The molecule has 2 N–H and O–H groups in total. The average molecular weight is 436 g/mol. The van der Waals surface area contributed by atoms with Gasteiger partial charge in [-0.1, -0.05) is 30.3 Å². The fourth-order valence-electron chi connectivity index (χ4n) is 3.97. The lowest BCUT2D eigenvalue weighted by atomic mass is 10.0. The van der Waals surface area contributed by atoms with Crippen LogP contribution >= 0.6 is 11.3 Å². The highest BCUT2D eigenvalue weighted by atomic mass is 32.1. The molecule has 0 saturated carbocycles. The topological polar surface area (TPSA) is 48.0 Å². The van der Waals surface area contributed by atoms with Gasteiger partial charge in [0.1, 0.15) is 0 Å². The van der Waals surface area contributed by atoms with E-state index in [0.29, 0.717) is 16.5 Å². The van der Waals surface area contributed by atoms with Gasteiger partial charge in [-0.15, -0.1) is 11.3 Å². The third-order valence-corrected chi connectivity index (χ3v) is 6.32. The van der Waals surface area contributed by atoms with Crippen molar-refractivity contribution in [1.29, 1.82) is 0 Å². The minimum Gasteiger partial charge on any atom is -0.366 e. The van der Waals surface area contributed by atoms with Crippen LogP contribution in [0, 0.1) is 17.5 Å². The minimum absolute atomic E-state index is 0.00343. The Morgan fingerprint density at radius 3 is 2.52 bits per heavy atom. The van der Waals surface area contributed by atoms with Gasteiger partial charge in [0.15, 0.2) is 17.5 Å². The van der Waals surface area contributed by atoms with Crippen molar-refractivity contribution < 1.29 is 18.0 Å². The molecule has 2 aromatic heterocycles. The van der Waals surface area contributed by atoms with Crippen molar-refractivity contribution in [2.75, 3.05) is 0 Å². The molecule has 154 valence electrons. The van der Waals surface area contributed by atoms with Crippen molar-refractivity contribution in [3.63, 3.8) is 0 Å². The maximum atomic E-state index is 14.5. The van der Waals surface area contributed by atoms with Gasteiger partial charge in [0.25, 0.3) is 0 Å². The van der Waals surface area contributed by atoms with E-state index in [1.165, 1.54) is 6.07 Å². The van der Waals surface area contributed by atoms with Crippen molar-refractivity contribution in [1.82, 2.24) is 4.57 Å². The van der Waals surface area contributed by atoms with Gasteiger partial charge in [0, 0.05) is 26.8 Å². The van der Waals surface area contributed by atoms with E-state index < -0.39 is 23.4 Å². The number of nitrogens with zero attached hydrogens (tertiary/aromatic N) is 1. The number of hydrogen-bond acceptors (Lipinski definition) is 2. The fourth-order valence-corrected chi connectivity index (χ4v) is 4.70. The predicted octanol–water partition coefficient (Wildman–Crippen LogP) is 6.09. The zero-order valence-corrected chi connectivity index (χ0v) is 16.8. The smallest absolute Gasteiger partial charge is 0.249 e. The van der Waals surface area contributed by atoms with Crippen molar-refractivity contribution >= 4 is 39.0 Å². The van der Waals surface area contributed by atoms with Crippen LogP contribution < -0.4 is 5.73 Å². The summed E-state index contributed by atoms with van der Waals surface area (Å²) in [5.41, 5.74) is 8.29. The van der Waals surface area contributed by atoms with Gasteiger partial charge < -0.3 is 10.3 Å². The molecule has 5 rings (SSSR count). The summed E-state index contributed by atoms with van der Waals surface area (Å²) in [6.07, 6.45) is 0. The molecule has 0 fully saturated rings. The normalized spacial score (nSPS) is 11.5. The third-order valence-electron chi connectivity index (χ3n) is 5.41. The molecular weight excluding hydrogens is 421 g/mol. The number of hydrogen-bond donors (Lipinski definition) is 1. The highest BCUT2D eigenvalue weighted by Gasteiger charge is 2.20. The zero-order valence-electron chi connectivity index (χ0n) is 16.0. The molecule has 0 aliphatic carbocycles. The second-order valence-electron chi connectivity index (χ2n) is 7.19. The Morgan fingerprint density at radius 1 is 0.935 bits per heavy atom. The summed E-state index contributed by atoms with van der Waals surface area (Å²) in [7, 11) is 0. The van der Waals surface area contributed by atoms with Gasteiger partial charge in [-0.3, -0.25) is 4.79 Å². The van der Waals surface area contributed by atoms with Gasteiger partial charge in [-0.25, -0.2) is 13.2 Å². The van der Waals surface area contributed by atoms with Crippen LogP contribution in [-0.4, -0.2) is 10.5 Å². The molecule has 0 saturated heterocycles. The molecule has 0 bridgehead atoms. The summed E-state index contributed by atoms with van der Waals surface area (Å²) in [6, 6.07) is 17.0. The highest BCUT2D eigenvalue weighted by Crippen LogP contribution is 2.36. The first-order valence-electron chi connectivity index (χ1n) is 9.46. The van der Waals surface area contributed by atoms with Gasteiger partial charge in [-0.2, -0.15) is 0 Å². The Morgan fingerprint density at radius 2 is 1.77 bits per heavy atom. The summed E-state index contributed by atoms with van der Waals surface area (Å²) >= 11 is 1.58. The number of nitrogens with two attached hydrogens (primary N) is 1. The lowest BCUT2D eigenvalue weighted by Crippen LogP contribution is -2.11. The zero-order chi connectivity index (χ0) is 21.7. The Balaban J connectivity index is 1.82.